The van der Waals surface area contributed by atoms with E-state index in [4.69, 9.17) is 4.74 Å². The minimum Gasteiger partial charge on any atom is -0.482 e. The zero-order valence-corrected chi connectivity index (χ0v) is 16.3. The van der Waals surface area contributed by atoms with E-state index in [1.807, 2.05) is 18.2 Å². The molecule has 1 aromatic rings. The van der Waals surface area contributed by atoms with Crippen LogP contribution in [0.3, 0.4) is 0 Å². The molecule has 0 radical (unpaired) electrons. The molecular formula is C19H29ClN2O4. The number of methoxy groups -OCH3 is 1. The number of ether oxygens (including phenoxy) is 2. The summed E-state index contributed by atoms with van der Waals surface area (Å²) in [5.41, 5.74) is 0.935. The largest absolute Gasteiger partial charge is 0.482 e. The first-order valence-corrected chi connectivity index (χ1v) is 8.84. The highest BCUT2D eigenvalue weighted by Crippen LogP contribution is 2.24. The van der Waals surface area contributed by atoms with E-state index < -0.39 is 5.97 Å². The van der Waals surface area contributed by atoms with E-state index >= 15 is 0 Å². The second-order valence-electron chi connectivity index (χ2n) is 6.56. The molecule has 1 aliphatic rings. The Labute approximate surface area is 161 Å². The lowest BCUT2D eigenvalue weighted by Gasteiger charge is -2.27. The standard InChI is InChI=1S/C19H28N2O4.ClH/c1-14(16-6-8-20-9-7-16)10-18(22)21-12-15-4-3-5-17(11-15)25-13-19(23)24-2;/h3-5,11,14,16,20H,6-10,12-13H2,1-2H3,(H,21,22);1H. The van der Waals surface area contributed by atoms with Gasteiger partial charge in [-0.1, -0.05) is 19.1 Å². The second-order valence-corrected chi connectivity index (χ2v) is 6.56. The van der Waals surface area contributed by atoms with Crippen LogP contribution in [0.4, 0.5) is 0 Å². The number of rotatable bonds is 8. The zero-order chi connectivity index (χ0) is 18.1. The number of nitrogens with one attached hydrogen (secondary N) is 2. The molecule has 0 bridgehead atoms. The summed E-state index contributed by atoms with van der Waals surface area (Å²) < 4.78 is 9.90. The van der Waals surface area contributed by atoms with Crippen molar-refractivity contribution in [3.63, 3.8) is 0 Å². The average molecular weight is 385 g/mol. The maximum absolute atomic E-state index is 12.2. The number of halogens is 1. The predicted octanol–water partition coefficient (Wildman–Crippen LogP) is 2.30. The average Bonchev–Trinajstić information content (AvgIpc) is 2.65. The van der Waals surface area contributed by atoms with Gasteiger partial charge in [0.2, 0.25) is 5.91 Å². The Morgan fingerprint density at radius 3 is 2.73 bits per heavy atom. The predicted molar refractivity (Wildman–Crippen MR) is 102 cm³/mol. The Balaban J connectivity index is 0.00000338. The maximum atomic E-state index is 12.2. The van der Waals surface area contributed by atoms with Crippen molar-refractivity contribution in [1.29, 1.82) is 0 Å². The Hall–Kier alpha value is -1.79. The van der Waals surface area contributed by atoms with Crippen LogP contribution in [-0.4, -0.2) is 38.7 Å². The first kappa shape index (κ1) is 22.3. The van der Waals surface area contributed by atoms with Gasteiger partial charge in [-0.3, -0.25) is 4.79 Å². The molecule has 0 aliphatic carbocycles. The van der Waals surface area contributed by atoms with Crippen molar-refractivity contribution in [2.45, 2.75) is 32.7 Å². The molecule has 1 aromatic carbocycles. The van der Waals surface area contributed by atoms with Crippen LogP contribution in [0.25, 0.3) is 0 Å². The summed E-state index contributed by atoms with van der Waals surface area (Å²) >= 11 is 0. The molecule has 26 heavy (non-hydrogen) atoms. The SMILES string of the molecule is COC(=O)COc1cccc(CNC(=O)CC(C)C2CCNCC2)c1.Cl. The van der Waals surface area contributed by atoms with E-state index in [1.165, 1.54) is 7.11 Å². The summed E-state index contributed by atoms with van der Waals surface area (Å²) in [5, 5.41) is 6.32. The van der Waals surface area contributed by atoms with Crippen LogP contribution in [0.1, 0.15) is 31.7 Å². The third-order valence-electron chi connectivity index (χ3n) is 4.67. The Morgan fingerprint density at radius 2 is 2.04 bits per heavy atom. The molecule has 1 aliphatic heterocycles. The lowest BCUT2D eigenvalue weighted by Crippen LogP contribution is -2.33. The quantitative estimate of drug-likeness (QED) is 0.672. The van der Waals surface area contributed by atoms with E-state index in [0.29, 0.717) is 30.6 Å². The maximum Gasteiger partial charge on any atom is 0.343 e. The van der Waals surface area contributed by atoms with Crippen molar-refractivity contribution in [1.82, 2.24) is 10.6 Å². The Kier molecular flexibility index (Phi) is 10.1. The summed E-state index contributed by atoms with van der Waals surface area (Å²) in [7, 11) is 1.32. The molecule has 0 spiro atoms. The van der Waals surface area contributed by atoms with Crippen molar-refractivity contribution in [3.05, 3.63) is 29.8 Å². The van der Waals surface area contributed by atoms with Crippen molar-refractivity contribution in [2.75, 3.05) is 26.8 Å². The number of esters is 1. The van der Waals surface area contributed by atoms with Crippen molar-refractivity contribution < 1.29 is 19.1 Å². The highest BCUT2D eigenvalue weighted by Gasteiger charge is 2.21. The van der Waals surface area contributed by atoms with Crippen LogP contribution in [0.2, 0.25) is 0 Å². The number of piperidine rings is 1. The normalized spacial score (nSPS) is 15.5. The highest BCUT2D eigenvalue weighted by atomic mass is 35.5. The molecule has 1 amide bonds. The highest BCUT2D eigenvalue weighted by molar-refractivity contribution is 5.85. The fraction of sp³-hybridized carbons (Fsp3) is 0.579. The van der Waals surface area contributed by atoms with E-state index in [9.17, 15) is 9.59 Å². The van der Waals surface area contributed by atoms with Gasteiger partial charge in [0.1, 0.15) is 5.75 Å². The summed E-state index contributed by atoms with van der Waals surface area (Å²) in [6.07, 6.45) is 2.85. The molecule has 0 aromatic heterocycles. The fourth-order valence-electron chi connectivity index (χ4n) is 3.09. The third-order valence-corrected chi connectivity index (χ3v) is 4.67. The van der Waals surface area contributed by atoms with E-state index in [2.05, 4.69) is 22.3 Å². The van der Waals surface area contributed by atoms with Gasteiger partial charge in [-0.05, 0) is 55.5 Å². The smallest absolute Gasteiger partial charge is 0.343 e. The van der Waals surface area contributed by atoms with Gasteiger partial charge in [0, 0.05) is 13.0 Å². The van der Waals surface area contributed by atoms with Crippen LogP contribution in [0, 0.1) is 11.8 Å². The van der Waals surface area contributed by atoms with Gasteiger partial charge in [-0.2, -0.15) is 0 Å². The molecule has 0 saturated carbocycles. The van der Waals surface area contributed by atoms with Crippen LogP contribution >= 0.6 is 12.4 Å². The molecule has 1 fully saturated rings. The lowest BCUT2D eigenvalue weighted by molar-refractivity contribution is -0.142. The van der Waals surface area contributed by atoms with Crippen molar-refractivity contribution >= 4 is 24.3 Å². The molecule has 1 saturated heterocycles. The number of amides is 1. The number of benzene rings is 1. The van der Waals surface area contributed by atoms with Crippen molar-refractivity contribution in [3.8, 4) is 5.75 Å². The second kappa shape index (κ2) is 11.8. The van der Waals surface area contributed by atoms with Gasteiger partial charge >= 0.3 is 5.97 Å². The molecule has 2 N–H and O–H groups in total. The first-order valence-electron chi connectivity index (χ1n) is 8.84. The topological polar surface area (TPSA) is 76.7 Å². The van der Waals surface area contributed by atoms with Gasteiger partial charge in [0.15, 0.2) is 6.61 Å². The minimum absolute atomic E-state index is 0. The van der Waals surface area contributed by atoms with Crippen LogP contribution in [0.15, 0.2) is 24.3 Å². The molecule has 2 rings (SSSR count). The number of hydrogen-bond donors (Lipinski definition) is 2. The minimum atomic E-state index is -0.425. The summed E-state index contributed by atoms with van der Waals surface area (Å²) in [6.45, 7) is 4.59. The first-order chi connectivity index (χ1) is 12.1. The van der Waals surface area contributed by atoms with Gasteiger partial charge in [0.05, 0.1) is 7.11 Å². The van der Waals surface area contributed by atoms with Crippen LogP contribution in [-0.2, 0) is 20.9 Å². The number of carbonyl (C=O) groups excluding carboxylic acids is 2. The fourth-order valence-corrected chi connectivity index (χ4v) is 3.09. The van der Waals surface area contributed by atoms with Gasteiger partial charge in [0.25, 0.3) is 0 Å². The molecular weight excluding hydrogens is 356 g/mol. The summed E-state index contributed by atoms with van der Waals surface area (Å²) in [6, 6.07) is 7.35. The Morgan fingerprint density at radius 1 is 1.31 bits per heavy atom. The van der Waals surface area contributed by atoms with E-state index in [0.717, 1.165) is 31.5 Å². The molecule has 146 valence electrons. The molecule has 6 nitrogen and oxygen atoms in total. The molecule has 1 heterocycles. The monoisotopic (exact) mass is 384 g/mol. The van der Waals surface area contributed by atoms with E-state index in [-0.39, 0.29) is 24.9 Å². The van der Waals surface area contributed by atoms with Gasteiger partial charge in [-0.15, -0.1) is 12.4 Å². The molecule has 1 unspecified atom stereocenters. The summed E-state index contributed by atoms with van der Waals surface area (Å²) in [4.78, 5) is 23.3. The number of hydrogen-bond acceptors (Lipinski definition) is 5. The number of carbonyl (C=O) groups is 2. The lowest BCUT2D eigenvalue weighted by atomic mass is 9.84. The van der Waals surface area contributed by atoms with E-state index in [1.54, 1.807) is 6.07 Å². The van der Waals surface area contributed by atoms with Crippen LogP contribution in [0.5, 0.6) is 5.75 Å². The third kappa shape index (κ3) is 7.62. The van der Waals surface area contributed by atoms with Crippen LogP contribution < -0.4 is 15.4 Å². The van der Waals surface area contributed by atoms with Gasteiger partial charge in [-0.25, -0.2) is 4.79 Å². The zero-order valence-electron chi connectivity index (χ0n) is 15.5. The Bertz CT molecular complexity index is 576. The summed E-state index contributed by atoms with van der Waals surface area (Å²) in [5.74, 6) is 1.26. The molecule has 1 atom stereocenters. The van der Waals surface area contributed by atoms with Gasteiger partial charge < -0.3 is 20.1 Å². The van der Waals surface area contributed by atoms with Crippen molar-refractivity contribution in [2.24, 2.45) is 11.8 Å². The molecule has 7 heteroatoms.